The van der Waals surface area contributed by atoms with Gasteiger partial charge in [0.25, 0.3) is 0 Å². The fourth-order valence-corrected chi connectivity index (χ4v) is 3.89. The van der Waals surface area contributed by atoms with E-state index in [1.54, 1.807) is 0 Å². The number of fused-ring (bicyclic) bond motifs is 4. The van der Waals surface area contributed by atoms with E-state index in [0.29, 0.717) is 24.2 Å². The summed E-state index contributed by atoms with van der Waals surface area (Å²) in [5.41, 5.74) is 0. The average molecular weight is 230 g/mol. The largest absolute Gasteiger partial charge is 0.378 e. The zero-order valence-electron chi connectivity index (χ0n) is 9.74. The smallest absolute Gasteiger partial charge is 0.116 e. The lowest BCUT2D eigenvalue weighted by molar-refractivity contribution is -0.0931. The summed E-state index contributed by atoms with van der Waals surface area (Å²) in [5.74, 6) is 0.833. The summed E-state index contributed by atoms with van der Waals surface area (Å²) >= 11 is 0. The fourth-order valence-electron chi connectivity index (χ4n) is 3.89. The molecule has 5 unspecified atom stereocenters. The first-order valence-corrected chi connectivity index (χ1v) is 6.58. The summed E-state index contributed by atoms with van der Waals surface area (Å²) < 4.78 is 0. The van der Waals surface area contributed by atoms with E-state index in [9.17, 15) is 5.11 Å². The van der Waals surface area contributed by atoms with Crippen LogP contribution in [0.2, 0.25) is 0 Å². The molecule has 0 aromatic heterocycles. The molecule has 6 atom stereocenters. The van der Waals surface area contributed by atoms with Gasteiger partial charge in [0, 0.05) is 18.0 Å². The highest BCUT2D eigenvalue weighted by Crippen LogP contribution is 2.40. The van der Waals surface area contributed by atoms with E-state index in [-0.39, 0.29) is 12.1 Å². The third kappa shape index (κ3) is 1.33. The van der Waals surface area contributed by atoms with Gasteiger partial charge in [0.2, 0.25) is 0 Å². The fraction of sp³-hybridized carbons (Fsp3) is 0.571. The molecule has 2 aliphatic carbocycles. The van der Waals surface area contributed by atoms with Gasteiger partial charge in [-0.25, -0.2) is 0 Å². The van der Waals surface area contributed by atoms with Crippen LogP contribution in [-0.4, -0.2) is 34.5 Å². The Balaban J connectivity index is 1.67. The van der Waals surface area contributed by atoms with Crippen molar-refractivity contribution in [1.82, 2.24) is 10.2 Å². The van der Waals surface area contributed by atoms with Crippen LogP contribution in [0.4, 0.5) is 0 Å². The highest BCUT2D eigenvalue weighted by molar-refractivity contribution is 5.23. The Morgan fingerprint density at radius 1 is 1.18 bits per heavy atom. The van der Waals surface area contributed by atoms with Crippen LogP contribution in [0.25, 0.3) is 0 Å². The van der Waals surface area contributed by atoms with Gasteiger partial charge in [-0.1, -0.05) is 36.5 Å². The average Bonchev–Trinajstić information content (AvgIpc) is 2.92. The number of nitrogens with one attached hydrogen (secondary N) is 1. The molecule has 0 spiro atoms. The molecule has 2 fully saturated rings. The quantitative estimate of drug-likeness (QED) is 0.609. The molecule has 4 rings (SSSR count). The molecule has 0 aromatic carbocycles. The molecular formula is C14H18N2O. The Bertz CT molecular complexity index is 414. The van der Waals surface area contributed by atoms with Crippen molar-refractivity contribution in [2.75, 3.05) is 0 Å². The zero-order valence-corrected chi connectivity index (χ0v) is 9.74. The molecule has 90 valence electrons. The number of aliphatic hydroxyl groups is 1. The molecule has 2 heterocycles. The monoisotopic (exact) mass is 230 g/mol. The van der Waals surface area contributed by atoms with Crippen molar-refractivity contribution in [2.45, 2.75) is 37.3 Å². The van der Waals surface area contributed by atoms with Crippen LogP contribution in [0.1, 0.15) is 12.8 Å². The van der Waals surface area contributed by atoms with Gasteiger partial charge in [0.05, 0.1) is 6.17 Å². The maximum Gasteiger partial charge on any atom is 0.116 e. The lowest BCUT2D eigenvalue weighted by Crippen LogP contribution is -2.62. The van der Waals surface area contributed by atoms with E-state index < -0.39 is 0 Å². The van der Waals surface area contributed by atoms with Crippen LogP contribution in [0.5, 0.6) is 0 Å². The van der Waals surface area contributed by atoms with E-state index in [2.05, 4.69) is 46.7 Å². The first kappa shape index (κ1) is 10.1. The third-order valence-electron chi connectivity index (χ3n) is 4.69. The van der Waals surface area contributed by atoms with E-state index in [4.69, 9.17) is 0 Å². The predicted octanol–water partition coefficient (Wildman–Crippen LogP) is 0.995. The van der Waals surface area contributed by atoms with Crippen LogP contribution >= 0.6 is 0 Å². The molecule has 17 heavy (non-hydrogen) atoms. The van der Waals surface area contributed by atoms with E-state index in [1.807, 2.05) is 0 Å². The van der Waals surface area contributed by atoms with Crippen LogP contribution in [0.3, 0.4) is 0 Å². The van der Waals surface area contributed by atoms with Crippen molar-refractivity contribution in [3.63, 3.8) is 0 Å². The highest BCUT2D eigenvalue weighted by Gasteiger charge is 2.50. The molecule has 0 bridgehead atoms. The van der Waals surface area contributed by atoms with Crippen LogP contribution < -0.4 is 5.32 Å². The number of hydrogen-bond donors (Lipinski definition) is 2. The maximum atomic E-state index is 10.6. The second-order valence-electron chi connectivity index (χ2n) is 5.55. The van der Waals surface area contributed by atoms with Crippen molar-refractivity contribution in [3.8, 4) is 0 Å². The Kier molecular flexibility index (Phi) is 2.10. The van der Waals surface area contributed by atoms with Gasteiger partial charge < -0.3 is 5.11 Å². The summed E-state index contributed by atoms with van der Waals surface area (Å²) in [6.45, 7) is 0. The first-order valence-electron chi connectivity index (χ1n) is 6.58. The standard InChI is InChI=1S/C14H18N2O/c17-14-10-5-3-6-11(10)15-13-8-9-4-1-2-7-12(9)16(13)14/h1-5,7,9-15,17H,6,8H2/t9?,10?,11?,12-,13?,14?/m0/s1. The first-order chi connectivity index (χ1) is 8.34. The summed E-state index contributed by atoms with van der Waals surface area (Å²) in [4.78, 5) is 2.27. The molecule has 3 nitrogen and oxygen atoms in total. The molecule has 3 heteroatoms. The molecule has 0 saturated carbocycles. The molecule has 0 aromatic rings. The van der Waals surface area contributed by atoms with Crippen LogP contribution in [0.15, 0.2) is 36.5 Å². The van der Waals surface area contributed by atoms with Gasteiger partial charge in [-0.15, -0.1) is 0 Å². The Morgan fingerprint density at radius 3 is 3.00 bits per heavy atom. The Labute approximate surface area is 101 Å². The number of hydrogen-bond acceptors (Lipinski definition) is 3. The van der Waals surface area contributed by atoms with E-state index in [0.717, 1.165) is 12.8 Å². The highest BCUT2D eigenvalue weighted by atomic mass is 16.3. The van der Waals surface area contributed by atoms with Crippen molar-refractivity contribution in [3.05, 3.63) is 36.5 Å². The molecular weight excluding hydrogens is 212 g/mol. The Morgan fingerprint density at radius 2 is 2.06 bits per heavy atom. The second kappa shape index (κ2) is 3.55. The van der Waals surface area contributed by atoms with Crippen molar-refractivity contribution < 1.29 is 5.11 Å². The third-order valence-corrected chi connectivity index (χ3v) is 4.69. The number of rotatable bonds is 0. The van der Waals surface area contributed by atoms with Gasteiger partial charge >= 0.3 is 0 Å². The van der Waals surface area contributed by atoms with Gasteiger partial charge in [0.1, 0.15) is 6.23 Å². The summed E-state index contributed by atoms with van der Waals surface area (Å²) in [6, 6.07) is 0.821. The van der Waals surface area contributed by atoms with Crippen LogP contribution in [-0.2, 0) is 0 Å². The minimum atomic E-state index is -0.323. The molecule has 4 aliphatic rings. The molecule has 2 N–H and O–H groups in total. The lowest BCUT2D eigenvalue weighted by Gasteiger charge is -2.45. The van der Waals surface area contributed by atoms with Crippen molar-refractivity contribution >= 4 is 0 Å². The van der Waals surface area contributed by atoms with Crippen molar-refractivity contribution in [2.24, 2.45) is 11.8 Å². The molecule has 2 saturated heterocycles. The van der Waals surface area contributed by atoms with Crippen LogP contribution in [0, 0.1) is 11.8 Å². The summed E-state index contributed by atoms with van der Waals surface area (Å²) in [5, 5.41) is 14.3. The number of nitrogens with zero attached hydrogens (tertiary/aromatic N) is 1. The SMILES string of the molecule is OC1C2C=CCC2NC2CC3C=CC=C[C@@H]3N21. The summed E-state index contributed by atoms with van der Waals surface area (Å²) in [6.07, 6.45) is 15.3. The number of aliphatic hydroxyl groups excluding tert-OH is 1. The van der Waals surface area contributed by atoms with Gasteiger partial charge in [0.15, 0.2) is 0 Å². The molecule has 0 radical (unpaired) electrons. The number of allylic oxidation sites excluding steroid dienone is 2. The topological polar surface area (TPSA) is 35.5 Å². The van der Waals surface area contributed by atoms with Gasteiger partial charge in [-0.05, 0) is 18.8 Å². The minimum absolute atomic E-state index is 0.268. The second-order valence-corrected chi connectivity index (χ2v) is 5.55. The lowest BCUT2D eigenvalue weighted by atomic mass is 9.95. The van der Waals surface area contributed by atoms with Crippen molar-refractivity contribution in [1.29, 1.82) is 0 Å². The molecule has 0 amide bonds. The van der Waals surface area contributed by atoms with Gasteiger partial charge in [-0.2, -0.15) is 0 Å². The minimum Gasteiger partial charge on any atom is -0.378 e. The van der Waals surface area contributed by atoms with Gasteiger partial charge in [-0.3, -0.25) is 10.2 Å². The summed E-state index contributed by atoms with van der Waals surface area (Å²) in [7, 11) is 0. The maximum absolute atomic E-state index is 10.6. The zero-order chi connectivity index (χ0) is 11.4. The normalized spacial score (nSPS) is 51.4. The Hall–Kier alpha value is -0.900. The molecule has 2 aliphatic heterocycles. The van der Waals surface area contributed by atoms with E-state index >= 15 is 0 Å². The van der Waals surface area contributed by atoms with E-state index in [1.165, 1.54) is 0 Å². The predicted molar refractivity (Wildman–Crippen MR) is 66.0 cm³/mol.